The molecule has 0 aliphatic heterocycles. The van der Waals surface area contributed by atoms with Crippen molar-refractivity contribution in [3.8, 4) is 6.07 Å². The molecule has 0 fully saturated rings. The quantitative estimate of drug-likeness (QED) is 0.672. The van der Waals surface area contributed by atoms with Crippen LogP contribution in [0.4, 0.5) is 0 Å². The number of rotatable bonds is 1. The second kappa shape index (κ2) is 4.79. The van der Waals surface area contributed by atoms with Gasteiger partial charge in [-0.3, -0.25) is 0 Å². The van der Waals surface area contributed by atoms with Crippen molar-refractivity contribution in [1.82, 2.24) is 0 Å². The van der Waals surface area contributed by atoms with Crippen LogP contribution < -0.4 is 0 Å². The van der Waals surface area contributed by atoms with Crippen LogP contribution in [-0.2, 0) is 0 Å². The van der Waals surface area contributed by atoms with Gasteiger partial charge < -0.3 is 0 Å². The molecule has 0 amide bonds. The highest BCUT2D eigenvalue weighted by atomic mass is 14.3. The average molecular weight is 197 g/mol. The number of allylic oxidation sites excluding steroid dienone is 2. The van der Waals surface area contributed by atoms with Crippen LogP contribution in [0.3, 0.4) is 0 Å². The number of nitrogens with zero attached hydrogens (tertiary/aromatic N) is 1. The van der Waals surface area contributed by atoms with Gasteiger partial charge in [0.2, 0.25) is 0 Å². The molecular formula is C14H15N. The van der Waals surface area contributed by atoms with E-state index >= 15 is 0 Å². The zero-order valence-corrected chi connectivity index (χ0v) is 8.82. The Morgan fingerprint density at radius 3 is 2.67 bits per heavy atom. The molecule has 1 aromatic rings. The largest absolute Gasteiger partial charge is 0.198 e. The third-order valence-corrected chi connectivity index (χ3v) is 2.95. The number of benzene rings is 1. The first-order valence-electron chi connectivity index (χ1n) is 5.57. The maximum Gasteiger partial charge on any atom is 0.0715 e. The first-order chi connectivity index (χ1) is 7.42. The van der Waals surface area contributed by atoms with Gasteiger partial charge in [0.1, 0.15) is 0 Å². The fraction of sp³-hybridized carbons (Fsp3) is 0.357. The van der Waals surface area contributed by atoms with E-state index in [1.54, 1.807) is 0 Å². The molecule has 1 atom stereocenters. The molecular weight excluding hydrogens is 182 g/mol. The summed E-state index contributed by atoms with van der Waals surface area (Å²) in [4.78, 5) is 0. The third kappa shape index (κ3) is 2.27. The second-order valence-corrected chi connectivity index (χ2v) is 3.99. The van der Waals surface area contributed by atoms with E-state index < -0.39 is 0 Å². The summed E-state index contributed by atoms with van der Waals surface area (Å²) in [7, 11) is 0. The minimum atomic E-state index is 0.0925. The summed E-state index contributed by atoms with van der Waals surface area (Å²) in [6.07, 6.45) is 6.76. The van der Waals surface area contributed by atoms with E-state index in [0.717, 1.165) is 12.8 Å². The van der Waals surface area contributed by atoms with Gasteiger partial charge in [-0.25, -0.2) is 0 Å². The van der Waals surface area contributed by atoms with Crippen molar-refractivity contribution in [2.24, 2.45) is 5.92 Å². The highest BCUT2D eigenvalue weighted by molar-refractivity contribution is 5.69. The highest BCUT2D eigenvalue weighted by Gasteiger charge is 2.16. The zero-order valence-electron chi connectivity index (χ0n) is 8.82. The summed E-state index contributed by atoms with van der Waals surface area (Å²) >= 11 is 0. The van der Waals surface area contributed by atoms with Crippen LogP contribution in [0.2, 0.25) is 0 Å². The second-order valence-electron chi connectivity index (χ2n) is 3.99. The van der Waals surface area contributed by atoms with Gasteiger partial charge in [-0.15, -0.1) is 0 Å². The van der Waals surface area contributed by atoms with Gasteiger partial charge in [0.15, 0.2) is 0 Å². The van der Waals surface area contributed by atoms with Gasteiger partial charge in [0.05, 0.1) is 12.0 Å². The van der Waals surface area contributed by atoms with Gasteiger partial charge in [0.25, 0.3) is 0 Å². The fourth-order valence-corrected chi connectivity index (χ4v) is 2.13. The lowest BCUT2D eigenvalue weighted by Crippen LogP contribution is -1.99. The van der Waals surface area contributed by atoms with E-state index in [1.165, 1.54) is 24.0 Å². The number of hydrogen-bond donors (Lipinski definition) is 0. The molecule has 2 rings (SSSR count). The molecule has 0 radical (unpaired) electrons. The summed E-state index contributed by atoms with van der Waals surface area (Å²) in [6.45, 7) is 0. The molecule has 1 aliphatic rings. The van der Waals surface area contributed by atoms with Crippen LogP contribution in [0.25, 0.3) is 5.57 Å². The van der Waals surface area contributed by atoms with Gasteiger partial charge in [-0.2, -0.15) is 5.26 Å². The predicted octanol–water partition coefficient (Wildman–Crippen LogP) is 3.78. The van der Waals surface area contributed by atoms with Crippen molar-refractivity contribution in [2.45, 2.75) is 25.7 Å². The standard InChI is InChI=1S/C14H15N/c15-11-13-9-5-2-6-10-14(13)12-7-3-1-4-8-12/h1,3-4,7-8,10,13H,2,5-6,9H2/t13-/m1/s1. The molecule has 0 N–H and O–H groups in total. The van der Waals surface area contributed by atoms with E-state index in [9.17, 15) is 0 Å². The van der Waals surface area contributed by atoms with E-state index in [4.69, 9.17) is 5.26 Å². The molecule has 0 saturated heterocycles. The Bertz CT molecular complexity index is 384. The van der Waals surface area contributed by atoms with Crippen LogP contribution in [-0.4, -0.2) is 0 Å². The fourth-order valence-electron chi connectivity index (χ4n) is 2.13. The first kappa shape index (κ1) is 9.98. The van der Waals surface area contributed by atoms with E-state index in [-0.39, 0.29) is 5.92 Å². The van der Waals surface area contributed by atoms with Crippen molar-refractivity contribution < 1.29 is 0 Å². The maximum atomic E-state index is 9.16. The van der Waals surface area contributed by atoms with E-state index in [1.807, 2.05) is 18.2 Å². The zero-order chi connectivity index (χ0) is 10.5. The summed E-state index contributed by atoms with van der Waals surface area (Å²) in [5.74, 6) is 0.0925. The van der Waals surface area contributed by atoms with E-state index in [2.05, 4.69) is 24.3 Å². The number of nitriles is 1. The van der Waals surface area contributed by atoms with Gasteiger partial charge in [0, 0.05) is 0 Å². The van der Waals surface area contributed by atoms with Crippen molar-refractivity contribution in [3.05, 3.63) is 42.0 Å². The molecule has 0 spiro atoms. The van der Waals surface area contributed by atoms with Crippen LogP contribution >= 0.6 is 0 Å². The SMILES string of the molecule is N#C[C@H]1CCCCC=C1c1ccccc1. The lowest BCUT2D eigenvalue weighted by atomic mass is 9.91. The topological polar surface area (TPSA) is 23.8 Å². The molecule has 1 nitrogen and oxygen atoms in total. The van der Waals surface area contributed by atoms with E-state index in [0.29, 0.717) is 0 Å². The van der Waals surface area contributed by atoms with Crippen LogP contribution in [0, 0.1) is 17.2 Å². The molecule has 76 valence electrons. The molecule has 1 aliphatic carbocycles. The summed E-state index contributed by atoms with van der Waals surface area (Å²) in [5.41, 5.74) is 2.45. The Labute approximate surface area is 91.0 Å². The Morgan fingerprint density at radius 2 is 1.93 bits per heavy atom. The molecule has 1 heteroatoms. The number of hydrogen-bond acceptors (Lipinski definition) is 1. The van der Waals surface area contributed by atoms with Crippen molar-refractivity contribution in [1.29, 1.82) is 5.26 Å². The smallest absolute Gasteiger partial charge is 0.0715 e. The molecule has 0 bridgehead atoms. The minimum absolute atomic E-state index is 0.0925. The molecule has 0 heterocycles. The van der Waals surface area contributed by atoms with Gasteiger partial charge >= 0.3 is 0 Å². The summed E-state index contributed by atoms with van der Waals surface area (Å²) < 4.78 is 0. The van der Waals surface area contributed by atoms with Crippen molar-refractivity contribution >= 4 is 5.57 Å². The normalized spacial score (nSPS) is 21.3. The average Bonchev–Trinajstić information content (AvgIpc) is 2.55. The lowest BCUT2D eigenvalue weighted by molar-refractivity contribution is 0.660. The molecule has 0 aromatic heterocycles. The van der Waals surface area contributed by atoms with Crippen molar-refractivity contribution in [3.63, 3.8) is 0 Å². The van der Waals surface area contributed by atoms with Gasteiger partial charge in [-0.05, 0) is 30.4 Å². The van der Waals surface area contributed by atoms with Gasteiger partial charge in [-0.1, -0.05) is 42.8 Å². The summed E-state index contributed by atoms with van der Waals surface area (Å²) in [6, 6.07) is 12.7. The minimum Gasteiger partial charge on any atom is -0.198 e. The molecule has 0 unspecified atom stereocenters. The maximum absolute atomic E-state index is 9.16. The highest BCUT2D eigenvalue weighted by Crippen LogP contribution is 2.30. The molecule has 15 heavy (non-hydrogen) atoms. The summed E-state index contributed by atoms with van der Waals surface area (Å²) in [5, 5.41) is 9.16. The third-order valence-electron chi connectivity index (χ3n) is 2.95. The Morgan fingerprint density at radius 1 is 1.13 bits per heavy atom. The van der Waals surface area contributed by atoms with Crippen LogP contribution in [0.1, 0.15) is 31.2 Å². The van der Waals surface area contributed by atoms with Crippen LogP contribution in [0.15, 0.2) is 36.4 Å². The molecule has 1 aromatic carbocycles. The van der Waals surface area contributed by atoms with Crippen molar-refractivity contribution in [2.75, 3.05) is 0 Å². The van der Waals surface area contributed by atoms with Crippen LogP contribution in [0.5, 0.6) is 0 Å². The predicted molar refractivity (Wildman–Crippen MR) is 62.0 cm³/mol. The first-order valence-corrected chi connectivity index (χ1v) is 5.57. The Balaban J connectivity index is 2.33. The Kier molecular flexibility index (Phi) is 3.19. The Hall–Kier alpha value is -1.55. The lowest BCUT2D eigenvalue weighted by Gasteiger charge is -2.11. The molecule has 0 saturated carbocycles. The monoisotopic (exact) mass is 197 g/mol.